The summed E-state index contributed by atoms with van der Waals surface area (Å²) >= 11 is 0. The van der Waals surface area contributed by atoms with Crippen molar-refractivity contribution in [3.63, 3.8) is 0 Å². The molecule has 0 radical (unpaired) electrons. The number of benzene rings is 14. The molecule has 0 atom stereocenters. The Morgan fingerprint density at radius 2 is 0.574 bits per heavy atom. The highest BCUT2D eigenvalue weighted by atomic mass is 16.3. The first-order valence-electron chi connectivity index (χ1n) is 32.6. The predicted molar refractivity (Wildman–Crippen MR) is 392 cm³/mol. The largest absolute Gasteiger partial charge is 0.456 e. The van der Waals surface area contributed by atoms with Crippen LogP contribution < -0.4 is 9.80 Å². The van der Waals surface area contributed by atoms with Crippen molar-refractivity contribution >= 4 is 132 Å². The number of aromatic nitrogens is 2. The van der Waals surface area contributed by atoms with E-state index in [0.717, 1.165) is 111 Å². The van der Waals surface area contributed by atoms with E-state index in [1.54, 1.807) is 0 Å². The van der Waals surface area contributed by atoms with Crippen molar-refractivity contribution in [2.45, 2.75) is 38.5 Å². The minimum atomic E-state index is -0.192. The van der Waals surface area contributed by atoms with Crippen LogP contribution in [0, 0.1) is 0 Å². The summed E-state index contributed by atoms with van der Waals surface area (Å²) in [6, 6.07) is 107. The van der Waals surface area contributed by atoms with E-state index in [9.17, 15) is 0 Å². The van der Waals surface area contributed by atoms with Gasteiger partial charge in [0, 0.05) is 112 Å². The first kappa shape index (κ1) is 52.9. The Hall–Kier alpha value is -11.9. The van der Waals surface area contributed by atoms with Crippen LogP contribution in [0.15, 0.2) is 300 Å². The van der Waals surface area contributed by atoms with Crippen molar-refractivity contribution in [1.82, 2.24) is 9.13 Å². The lowest BCUT2D eigenvalue weighted by molar-refractivity contribution is 0.660. The number of furan rings is 2. The summed E-state index contributed by atoms with van der Waals surface area (Å²) in [5.74, 6) is 0. The Labute approximate surface area is 542 Å². The molecule has 0 spiro atoms. The van der Waals surface area contributed by atoms with E-state index in [-0.39, 0.29) is 10.8 Å². The second-order valence-electron chi connectivity index (χ2n) is 26.8. The van der Waals surface area contributed by atoms with E-state index in [2.05, 4.69) is 326 Å². The standard InChI is InChI=1S/C88H60N4O2/c1-87(2)73-27-15-11-23-61(73)63-37-31-55(47-75(63)87)89(59-33-39-67-65-25-13-17-29-81(65)93-83(67)51-59)57-35-41-71-79(49-57)91(53-19-7-5-8-20-53)77-45-43-70-69(85(71)77)44-46-78-86(70)72-42-36-58(50-80(72)92(78)54-21-9-6-10-22-54)90(60-34-40-68-66-26-14-18-30-82(66)94-84(68)52-60)56-32-38-64-62-24-12-16-28-74(62)88(3,4)76(64)48-56/h5-52H,1-4H3. The van der Waals surface area contributed by atoms with Crippen LogP contribution in [0.3, 0.4) is 0 Å². The molecule has 2 aliphatic rings. The lowest BCUT2D eigenvalue weighted by Gasteiger charge is -2.28. The second-order valence-corrected chi connectivity index (χ2v) is 26.8. The molecule has 4 aromatic heterocycles. The third-order valence-corrected chi connectivity index (χ3v) is 21.1. The summed E-state index contributed by atoms with van der Waals surface area (Å²) in [6.45, 7) is 9.45. The Balaban J connectivity index is 0.803. The normalized spacial score (nSPS) is 13.7. The Morgan fingerprint density at radius 3 is 1.02 bits per heavy atom. The zero-order valence-corrected chi connectivity index (χ0v) is 52.3. The van der Waals surface area contributed by atoms with Crippen molar-refractivity contribution in [1.29, 1.82) is 0 Å². The average Bonchev–Trinajstić information content (AvgIpc) is 1.54. The molecule has 0 saturated heterocycles. The lowest BCUT2D eigenvalue weighted by atomic mass is 9.82. The Bertz CT molecular complexity index is 5870. The number of anilines is 6. The molecular formula is C88H60N4O2. The third-order valence-electron chi connectivity index (χ3n) is 21.1. The van der Waals surface area contributed by atoms with E-state index >= 15 is 0 Å². The number of hydrogen-bond acceptors (Lipinski definition) is 4. The summed E-state index contributed by atoms with van der Waals surface area (Å²) in [5.41, 5.74) is 26.6. The van der Waals surface area contributed by atoms with Gasteiger partial charge in [0.1, 0.15) is 22.3 Å². The molecule has 0 N–H and O–H groups in total. The van der Waals surface area contributed by atoms with Gasteiger partial charge in [-0.25, -0.2) is 0 Å². The number of fused-ring (bicyclic) bond motifs is 21. The van der Waals surface area contributed by atoms with Crippen molar-refractivity contribution < 1.29 is 8.83 Å². The minimum absolute atomic E-state index is 0.192. The molecule has 0 saturated carbocycles. The quantitative estimate of drug-likeness (QED) is 0.152. The smallest absolute Gasteiger partial charge is 0.137 e. The third kappa shape index (κ3) is 7.42. The molecule has 0 unspecified atom stereocenters. The first-order valence-corrected chi connectivity index (χ1v) is 32.6. The Morgan fingerprint density at radius 1 is 0.245 bits per heavy atom. The van der Waals surface area contributed by atoms with Crippen molar-refractivity contribution in [2.24, 2.45) is 0 Å². The van der Waals surface area contributed by atoms with Crippen molar-refractivity contribution in [3.05, 3.63) is 313 Å². The van der Waals surface area contributed by atoms with Crippen LogP contribution in [-0.4, -0.2) is 9.13 Å². The van der Waals surface area contributed by atoms with Crippen LogP contribution in [0.4, 0.5) is 34.1 Å². The fraction of sp³-hybridized carbons (Fsp3) is 0.0682. The molecule has 444 valence electrons. The topological polar surface area (TPSA) is 42.6 Å². The van der Waals surface area contributed by atoms with Gasteiger partial charge in [-0.2, -0.15) is 0 Å². The number of rotatable bonds is 8. The van der Waals surface area contributed by atoms with Crippen molar-refractivity contribution in [3.8, 4) is 33.6 Å². The van der Waals surface area contributed by atoms with E-state index in [4.69, 9.17) is 8.83 Å². The number of nitrogens with zero attached hydrogens (tertiary/aromatic N) is 4. The predicted octanol–water partition coefficient (Wildman–Crippen LogP) is 24.4. The molecule has 0 bridgehead atoms. The van der Waals surface area contributed by atoms with Crippen LogP contribution in [0.2, 0.25) is 0 Å². The maximum Gasteiger partial charge on any atom is 0.137 e. The van der Waals surface area contributed by atoms with Gasteiger partial charge in [-0.3, -0.25) is 0 Å². The van der Waals surface area contributed by atoms with Crippen LogP contribution in [0.25, 0.3) is 132 Å². The number of para-hydroxylation sites is 4. The SMILES string of the molecule is CC1(C)c2ccccc2-c2ccc(N(c3ccc4c(c3)oc3ccccc34)c3ccc4c5c6ccc7c(c6ccc5n(-c5ccccc5)c4c3)c3ccc(N(c4ccc5c(c4)C(C)(C)c4ccccc4-5)c4ccc5c(c4)oc4ccccc45)cc3n7-c3ccccc3)cc21. The highest BCUT2D eigenvalue weighted by molar-refractivity contribution is 6.30. The summed E-state index contributed by atoms with van der Waals surface area (Å²) in [4.78, 5) is 4.85. The molecule has 6 nitrogen and oxygen atoms in total. The maximum atomic E-state index is 6.64. The van der Waals surface area contributed by atoms with Gasteiger partial charge in [-0.1, -0.05) is 185 Å². The van der Waals surface area contributed by atoms with Crippen LogP contribution in [0.5, 0.6) is 0 Å². The van der Waals surface area contributed by atoms with Gasteiger partial charge in [0.25, 0.3) is 0 Å². The monoisotopic (exact) mass is 1200 g/mol. The summed E-state index contributed by atoms with van der Waals surface area (Å²) in [7, 11) is 0. The van der Waals surface area contributed by atoms with Gasteiger partial charge < -0.3 is 27.8 Å². The molecule has 94 heavy (non-hydrogen) atoms. The summed E-state index contributed by atoms with van der Waals surface area (Å²) in [6.07, 6.45) is 0. The summed E-state index contributed by atoms with van der Waals surface area (Å²) < 4.78 is 18.2. The number of hydrogen-bond donors (Lipinski definition) is 0. The van der Waals surface area contributed by atoms with E-state index in [1.807, 2.05) is 12.1 Å². The molecule has 0 aliphatic heterocycles. The molecule has 20 rings (SSSR count). The van der Waals surface area contributed by atoms with E-state index in [0.29, 0.717) is 0 Å². The zero-order valence-electron chi connectivity index (χ0n) is 52.3. The van der Waals surface area contributed by atoms with Crippen LogP contribution >= 0.6 is 0 Å². The second kappa shape index (κ2) is 19.3. The summed E-state index contributed by atoms with van der Waals surface area (Å²) in [5, 5.41) is 11.6. The maximum absolute atomic E-state index is 6.64. The van der Waals surface area contributed by atoms with Gasteiger partial charge >= 0.3 is 0 Å². The van der Waals surface area contributed by atoms with Gasteiger partial charge in [0.15, 0.2) is 0 Å². The molecular weight excluding hydrogens is 1140 g/mol. The minimum Gasteiger partial charge on any atom is -0.456 e. The highest BCUT2D eigenvalue weighted by Crippen LogP contribution is 2.54. The Kier molecular flexibility index (Phi) is 10.9. The van der Waals surface area contributed by atoms with E-state index < -0.39 is 0 Å². The zero-order chi connectivity index (χ0) is 62.3. The molecule has 14 aromatic carbocycles. The van der Waals surface area contributed by atoms with Crippen LogP contribution in [0.1, 0.15) is 49.9 Å². The molecule has 18 aromatic rings. The molecule has 6 heteroatoms. The average molecular weight is 1210 g/mol. The fourth-order valence-corrected chi connectivity index (χ4v) is 16.7. The molecule has 4 heterocycles. The molecule has 0 amide bonds. The van der Waals surface area contributed by atoms with Gasteiger partial charge in [0.05, 0.1) is 22.1 Å². The lowest BCUT2D eigenvalue weighted by Crippen LogP contribution is -2.16. The van der Waals surface area contributed by atoms with Gasteiger partial charge in [-0.15, -0.1) is 0 Å². The van der Waals surface area contributed by atoms with Gasteiger partial charge in [0.2, 0.25) is 0 Å². The van der Waals surface area contributed by atoms with Crippen molar-refractivity contribution in [2.75, 3.05) is 9.80 Å². The van der Waals surface area contributed by atoms with E-state index in [1.165, 1.54) is 76.8 Å². The van der Waals surface area contributed by atoms with Gasteiger partial charge in [-0.05, 0) is 177 Å². The molecule has 2 aliphatic carbocycles. The fourth-order valence-electron chi connectivity index (χ4n) is 16.7. The van der Waals surface area contributed by atoms with Crippen LogP contribution in [-0.2, 0) is 10.8 Å². The molecule has 0 fully saturated rings. The highest BCUT2D eigenvalue weighted by Gasteiger charge is 2.38. The first-order chi connectivity index (χ1) is 46.1.